The Morgan fingerprint density at radius 1 is 1.33 bits per heavy atom. The predicted molar refractivity (Wildman–Crippen MR) is 50.5 cm³/mol. The minimum Gasteiger partial charge on any atom is -0.382 e. The van der Waals surface area contributed by atoms with Crippen molar-refractivity contribution >= 4 is 0 Å². The largest absolute Gasteiger partial charge is 0.415 e. The average molecular weight is 226 g/mol. The van der Waals surface area contributed by atoms with Crippen LogP contribution in [0.2, 0.25) is 0 Å². The summed E-state index contributed by atoms with van der Waals surface area (Å²) in [5.74, 6) is 0.423. The van der Waals surface area contributed by atoms with Crippen LogP contribution in [0.1, 0.15) is 12.8 Å². The average Bonchev–Trinajstić information content (AvgIpc) is 2.18. The molecule has 0 spiro atoms. The Morgan fingerprint density at radius 3 is 2.47 bits per heavy atom. The zero-order chi connectivity index (χ0) is 11.3. The SMILES string of the molecule is OC(CNCC1CCNCC1)C(F)(F)F. The van der Waals surface area contributed by atoms with Crippen molar-refractivity contribution in [1.29, 1.82) is 0 Å². The fraction of sp³-hybridized carbons (Fsp3) is 1.00. The maximum Gasteiger partial charge on any atom is 0.415 e. The number of aliphatic hydroxyl groups is 1. The number of halogens is 3. The molecule has 15 heavy (non-hydrogen) atoms. The molecule has 1 atom stereocenters. The van der Waals surface area contributed by atoms with Crippen molar-refractivity contribution in [3.05, 3.63) is 0 Å². The summed E-state index contributed by atoms with van der Waals surface area (Å²) in [7, 11) is 0. The molecule has 0 bridgehead atoms. The molecular formula is C9H17F3N2O. The maximum absolute atomic E-state index is 11.9. The number of hydrogen-bond acceptors (Lipinski definition) is 3. The summed E-state index contributed by atoms with van der Waals surface area (Å²) in [6.45, 7) is 1.99. The first kappa shape index (κ1) is 12.7. The lowest BCUT2D eigenvalue weighted by Crippen LogP contribution is -2.41. The highest BCUT2D eigenvalue weighted by Crippen LogP contribution is 2.19. The first-order valence-electron chi connectivity index (χ1n) is 5.16. The number of rotatable bonds is 4. The van der Waals surface area contributed by atoms with Crippen LogP contribution in [0.5, 0.6) is 0 Å². The molecule has 1 unspecified atom stereocenters. The summed E-state index contributed by atoms with van der Waals surface area (Å²) in [6, 6.07) is 0. The van der Waals surface area contributed by atoms with Crippen LogP contribution in [0, 0.1) is 5.92 Å². The molecule has 3 N–H and O–H groups in total. The molecule has 1 saturated heterocycles. The number of piperidine rings is 1. The van der Waals surface area contributed by atoms with Crippen molar-refractivity contribution in [1.82, 2.24) is 10.6 Å². The van der Waals surface area contributed by atoms with Gasteiger partial charge in [-0.3, -0.25) is 0 Å². The third-order valence-electron chi connectivity index (χ3n) is 2.61. The van der Waals surface area contributed by atoms with E-state index in [9.17, 15) is 13.2 Å². The molecule has 0 aliphatic carbocycles. The van der Waals surface area contributed by atoms with Gasteiger partial charge in [-0.05, 0) is 38.4 Å². The van der Waals surface area contributed by atoms with Gasteiger partial charge in [-0.15, -0.1) is 0 Å². The van der Waals surface area contributed by atoms with Crippen LogP contribution in [0.25, 0.3) is 0 Å². The van der Waals surface area contributed by atoms with Gasteiger partial charge in [0.05, 0.1) is 0 Å². The summed E-state index contributed by atoms with van der Waals surface area (Å²) >= 11 is 0. The van der Waals surface area contributed by atoms with Crippen molar-refractivity contribution in [3.63, 3.8) is 0 Å². The van der Waals surface area contributed by atoms with Gasteiger partial charge in [-0.1, -0.05) is 0 Å². The van der Waals surface area contributed by atoms with Gasteiger partial charge in [-0.2, -0.15) is 13.2 Å². The lowest BCUT2D eigenvalue weighted by Gasteiger charge is -2.23. The standard InChI is InChI=1S/C9H17F3N2O/c10-9(11,12)8(15)6-14-5-7-1-3-13-4-2-7/h7-8,13-15H,1-6H2. The molecule has 1 fully saturated rings. The van der Waals surface area contributed by atoms with E-state index in [0.717, 1.165) is 25.9 Å². The normalized spacial score (nSPS) is 21.6. The fourth-order valence-corrected chi connectivity index (χ4v) is 1.63. The molecule has 1 aliphatic rings. The summed E-state index contributed by atoms with van der Waals surface area (Å²) < 4.78 is 35.7. The first-order chi connectivity index (χ1) is 7.00. The van der Waals surface area contributed by atoms with Gasteiger partial charge in [0, 0.05) is 6.54 Å². The Kier molecular flexibility index (Phi) is 4.82. The van der Waals surface area contributed by atoms with E-state index >= 15 is 0 Å². The maximum atomic E-state index is 11.9. The first-order valence-corrected chi connectivity index (χ1v) is 5.16. The van der Waals surface area contributed by atoms with Crippen molar-refractivity contribution in [2.24, 2.45) is 5.92 Å². The van der Waals surface area contributed by atoms with Crippen LogP contribution < -0.4 is 10.6 Å². The van der Waals surface area contributed by atoms with Crippen LogP contribution >= 0.6 is 0 Å². The quantitative estimate of drug-likeness (QED) is 0.654. The van der Waals surface area contributed by atoms with Gasteiger partial charge in [0.25, 0.3) is 0 Å². The lowest BCUT2D eigenvalue weighted by atomic mass is 9.98. The van der Waals surface area contributed by atoms with Gasteiger partial charge < -0.3 is 15.7 Å². The van der Waals surface area contributed by atoms with E-state index < -0.39 is 18.8 Å². The third-order valence-corrected chi connectivity index (χ3v) is 2.61. The summed E-state index contributed by atoms with van der Waals surface area (Å²) in [5, 5.41) is 14.6. The Morgan fingerprint density at radius 2 is 1.93 bits per heavy atom. The van der Waals surface area contributed by atoms with Crippen molar-refractivity contribution in [2.45, 2.75) is 25.1 Å². The molecule has 0 saturated carbocycles. The second-order valence-electron chi connectivity index (χ2n) is 3.91. The predicted octanol–water partition coefficient (Wildman–Crippen LogP) is 0.499. The van der Waals surface area contributed by atoms with Crippen molar-refractivity contribution in [2.75, 3.05) is 26.2 Å². The Labute approximate surface area is 87.0 Å². The monoisotopic (exact) mass is 226 g/mol. The molecule has 90 valence electrons. The molecule has 0 aromatic rings. The minimum absolute atomic E-state index is 0.409. The number of hydrogen-bond donors (Lipinski definition) is 3. The van der Waals surface area contributed by atoms with Gasteiger partial charge in [0.2, 0.25) is 0 Å². The zero-order valence-electron chi connectivity index (χ0n) is 8.48. The molecule has 0 radical (unpaired) electrons. The molecule has 1 heterocycles. The molecular weight excluding hydrogens is 209 g/mol. The molecule has 6 heteroatoms. The van der Waals surface area contributed by atoms with E-state index in [1.807, 2.05) is 0 Å². The van der Waals surface area contributed by atoms with Gasteiger partial charge in [0.1, 0.15) is 0 Å². The minimum atomic E-state index is -4.51. The lowest BCUT2D eigenvalue weighted by molar-refractivity contribution is -0.201. The third kappa shape index (κ3) is 4.81. The number of aliphatic hydroxyl groups excluding tert-OH is 1. The van der Waals surface area contributed by atoms with Crippen LogP contribution in [-0.4, -0.2) is 43.6 Å². The van der Waals surface area contributed by atoms with Gasteiger partial charge in [0.15, 0.2) is 6.10 Å². The Bertz CT molecular complexity index is 181. The Hall–Kier alpha value is -0.330. The molecule has 0 aromatic heterocycles. The highest BCUT2D eigenvalue weighted by molar-refractivity contribution is 4.73. The molecule has 1 rings (SSSR count). The molecule has 0 aromatic carbocycles. The van der Waals surface area contributed by atoms with Gasteiger partial charge in [-0.25, -0.2) is 0 Å². The summed E-state index contributed by atoms with van der Waals surface area (Å²) in [6.07, 6.45) is -4.80. The van der Waals surface area contributed by atoms with Crippen LogP contribution in [0.15, 0.2) is 0 Å². The molecule has 0 amide bonds. The zero-order valence-corrected chi connectivity index (χ0v) is 8.48. The number of nitrogens with one attached hydrogen (secondary N) is 2. The van der Waals surface area contributed by atoms with Crippen LogP contribution in [0.3, 0.4) is 0 Å². The molecule has 1 aliphatic heterocycles. The van der Waals surface area contributed by atoms with Gasteiger partial charge >= 0.3 is 6.18 Å². The van der Waals surface area contributed by atoms with E-state index in [4.69, 9.17) is 5.11 Å². The number of alkyl halides is 3. The van der Waals surface area contributed by atoms with Crippen LogP contribution in [-0.2, 0) is 0 Å². The highest BCUT2D eigenvalue weighted by atomic mass is 19.4. The second kappa shape index (κ2) is 5.67. The van der Waals surface area contributed by atoms with Crippen LogP contribution in [0.4, 0.5) is 13.2 Å². The van der Waals surface area contributed by atoms with Crippen molar-refractivity contribution in [3.8, 4) is 0 Å². The second-order valence-corrected chi connectivity index (χ2v) is 3.91. The molecule has 3 nitrogen and oxygen atoms in total. The topological polar surface area (TPSA) is 44.3 Å². The Balaban J connectivity index is 2.10. The van der Waals surface area contributed by atoms with E-state index in [1.54, 1.807) is 0 Å². The van der Waals surface area contributed by atoms with Crippen molar-refractivity contribution < 1.29 is 18.3 Å². The highest BCUT2D eigenvalue weighted by Gasteiger charge is 2.37. The summed E-state index contributed by atoms with van der Waals surface area (Å²) in [4.78, 5) is 0. The smallest absolute Gasteiger partial charge is 0.382 e. The van der Waals surface area contributed by atoms with E-state index in [1.165, 1.54) is 0 Å². The van der Waals surface area contributed by atoms with E-state index in [-0.39, 0.29) is 0 Å². The van der Waals surface area contributed by atoms with E-state index in [2.05, 4.69) is 10.6 Å². The summed E-state index contributed by atoms with van der Waals surface area (Å²) in [5.41, 5.74) is 0. The van der Waals surface area contributed by atoms with E-state index in [0.29, 0.717) is 12.5 Å². The fourth-order valence-electron chi connectivity index (χ4n) is 1.63.